The Hall–Kier alpha value is -1.26. The van der Waals surface area contributed by atoms with Crippen molar-refractivity contribution in [1.82, 2.24) is 5.32 Å². The van der Waals surface area contributed by atoms with E-state index >= 15 is 0 Å². The van der Waals surface area contributed by atoms with E-state index in [9.17, 15) is 4.79 Å². The minimum absolute atomic E-state index is 0.0257. The van der Waals surface area contributed by atoms with Crippen LogP contribution in [0.5, 0.6) is 5.75 Å². The zero-order valence-electron chi connectivity index (χ0n) is 9.63. The number of ether oxygens (including phenoxy) is 1. The summed E-state index contributed by atoms with van der Waals surface area (Å²) < 4.78 is 5.04. The minimum atomic E-state index is 0.0257. The molecule has 0 atom stereocenters. The number of rotatable bonds is 4. The topological polar surface area (TPSA) is 50.4 Å². The van der Waals surface area contributed by atoms with Gasteiger partial charge in [-0.1, -0.05) is 11.6 Å². The Labute approximate surface area is 105 Å². The fourth-order valence-electron chi connectivity index (χ4n) is 1.71. The van der Waals surface area contributed by atoms with Crippen LogP contribution >= 0.6 is 11.6 Å². The Morgan fingerprint density at radius 3 is 2.88 bits per heavy atom. The van der Waals surface area contributed by atoms with Crippen molar-refractivity contribution < 1.29 is 9.53 Å². The van der Waals surface area contributed by atoms with E-state index in [0.29, 0.717) is 28.8 Å². The van der Waals surface area contributed by atoms with Crippen LogP contribution in [0.15, 0.2) is 18.2 Å². The van der Waals surface area contributed by atoms with E-state index in [-0.39, 0.29) is 5.91 Å². The second-order valence-corrected chi connectivity index (χ2v) is 4.53. The standard InChI is InChI=1S/C12H15ClN2O2/c1-17-11-3-2-9(5-10(11)13)15-12(16)4-8-6-14-7-8/h2-3,5,8,14H,4,6-7H2,1H3,(H,15,16). The first-order valence-electron chi connectivity index (χ1n) is 5.53. The van der Waals surface area contributed by atoms with Crippen LogP contribution in [0.4, 0.5) is 5.69 Å². The van der Waals surface area contributed by atoms with Crippen molar-refractivity contribution in [3.63, 3.8) is 0 Å². The highest BCUT2D eigenvalue weighted by Gasteiger charge is 2.20. The molecule has 0 saturated carbocycles. The van der Waals surface area contributed by atoms with Crippen LogP contribution in [-0.2, 0) is 4.79 Å². The van der Waals surface area contributed by atoms with Gasteiger partial charge in [0.2, 0.25) is 5.91 Å². The summed E-state index contributed by atoms with van der Waals surface area (Å²) in [5, 5.41) is 6.46. The number of carbonyl (C=O) groups excluding carboxylic acids is 1. The Morgan fingerprint density at radius 1 is 1.59 bits per heavy atom. The first kappa shape index (κ1) is 12.2. The lowest BCUT2D eigenvalue weighted by Gasteiger charge is -2.26. The number of hydrogen-bond donors (Lipinski definition) is 2. The maximum Gasteiger partial charge on any atom is 0.224 e. The van der Waals surface area contributed by atoms with Crippen molar-refractivity contribution in [3.05, 3.63) is 23.2 Å². The molecule has 1 heterocycles. The summed E-state index contributed by atoms with van der Waals surface area (Å²) in [4.78, 5) is 11.7. The lowest BCUT2D eigenvalue weighted by atomic mass is 9.99. The maximum absolute atomic E-state index is 11.7. The van der Waals surface area contributed by atoms with Gasteiger partial charge >= 0.3 is 0 Å². The van der Waals surface area contributed by atoms with Crippen LogP contribution < -0.4 is 15.4 Å². The Balaban J connectivity index is 1.93. The van der Waals surface area contributed by atoms with Gasteiger partial charge in [-0.3, -0.25) is 4.79 Å². The first-order chi connectivity index (χ1) is 8.19. The lowest BCUT2D eigenvalue weighted by molar-refractivity contribution is -0.117. The van der Waals surface area contributed by atoms with Crippen LogP contribution in [0, 0.1) is 5.92 Å². The van der Waals surface area contributed by atoms with Crippen LogP contribution in [0.25, 0.3) is 0 Å². The Kier molecular flexibility index (Phi) is 3.86. The fourth-order valence-corrected chi connectivity index (χ4v) is 1.97. The van der Waals surface area contributed by atoms with E-state index in [4.69, 9.17) is 16.3 Å². The number of halogens is 1. The third-order valence-electron chi connectivity index (χ3n) is 2.78. The molecule has 1 fully saturated rings. The van der Waals surface area contributed by atoms with Crippen molar-refractivity contribution >= 4 is 23.2 Å². The van der Waals surface area contributed by atoms with Crippen molar-refractivity contribution in [3.8, 4) is 5.75 Å². The molecule has 1 saturated heterocycles. The Morgan fingerprint density at radius 2 is 2.35 bits per heavy atom. The monoisotopic (exact) mass is 254 g/mol. The molecule has 1 aromatic rings. The second-order valence-electron chi connectivity index (χ2n) is 4.13. The molecular formula is C12H15ClN2O2. The molecule has 0 spiro atoms. The normalized spacial score (nSPS) is 15.2. The number of benzene rings is 1. The quantitative estimate of drug-likeness (QED) is 0.863. The van der Waals surface area contributed by atoms with Crippen molar-refractivity contribution in [1.29, 1.82) is 0 Å². The first-order valence-corrected chi connectivity index (χ1v) is 5.91. The average Bonchev–Trinajstić information content (AvgIpc) is 2.24. The van der Waals surface area contributed by atoms with E-state index < -0.39 is 0 Å². The highest BCUT2D eigenvalue weighted by Crippen LogP contribution is 2.27. The number of amides is 1. The van der Waals surface area contributed by atoms with Crippen LogP contribution in [0.2, 0.25) is 5.02 Å². The molecule has 1 aromatic carbocycles. The second kappa shape index (κ2) is 5.38. The number of anilines is 1. The molecule has 0 aromatic heterocycles. The van der Waals surface area contributed by atoms with Crippen molar-refractivity contribution in [2.45, 2.75) is 6.42 Å². The molecule has 92 valence electrons. The summed E-state index contributed by atoms with van der Waals surface area (Å²) in [7, 11) is 1.56. The van der Waals surface area contributed by atoms with E-state index in [1.807, 2.05) is 0 Å². The number of carbonyl (C=O) groups is 1. The van der Waals surface area contributed by atoms with Gasteiger partial charge < -0.3 is 15.4 Å². The van der Waals surface area contributed by atoms with E-state index in [1.165, 1.54) is 0 Å². The number of hydrogen-bond acceptors (Lipinski definition) is 3. The zero-order chi connectivity index (χ0) is 12.3. The molecule has 0 aliphatic carbocycles. The SMILES string of the molecule is COc1ccc(NC(=O)CC2CNC2)cc1Cl. The van der Waals surface area contributed by atoms with Gasteiger partial charge in [-0.15, -0.1) is 0 Å². The largest absolute Gasteiger partial charge is 0.495 e. The van der Waals surface area contributed by atoms with E-state index in [1.54, 1.807) is 25.3 Å². The molecule has 2 rings (SSSR count). The molecular weight excluding hydrogens is 240 g/mol. The highest BCUT2D eigenvalue weighted by atomic mass is 35.5. The molecule has 0 unspecified atom stereocenters. The average molecular weight is 255 g/mol. The molecule has 0 radical (unpaired) electrons. The van der Waals surface area contributed by atoms with Gasteiger partial charge in [0.25, 0.3) is 0 Å². The predicted octanol–water partition coefficient (Wildman–Crippen LogP) is 1.90. The lowest BCUT2D eigenvalue weighted by Crippen LogP contribution is -2.43. The molecule has 2 N–H and O–H groups in total. The van der Waals surface area contributed by atoms with Crippen LogP contribution in [0.3, 0.4) is 0 Å². The molecule has 1 amide bonds. The summed E-state index contributed by atoms with van der Waals surface area (Å²) in [6, 6.07) is 5.21. The third kappa shape index (κ3) is 3.11. The van der Waals surface area contributed by atoms with Crippen LogP contribution in [-0.4, -0.2) is 26.1 Å². The summed E-state index contributed by atoms with van der Waals surface area (Å²) in [5.74, 6) is 1.09. The van der Waals surface area contributed by atoms with Crippen molar-refractivity contribution in [2.75, 3.05) is 25.5 Å². The van der Waals surface area contributed by atoms with Gasteiger partial charge in [-0.2, -0.15) is 0 Å². The smallest absolute Gasteiger partial charge is 0.224 e. The van der Waals surface area contributed by atoms with Gasteiger partial charge in [0.15, 0.2) is 0 Å². The summed E-state index contributed by atoms with van der Waals surface area (Å²) in [6.07, 6.45) is 0.552. The number of nitrogens with one attached hydrogen (secondary N) is 2. The third-order valence-corrected chi connectivity index (χ3v) is 3.07. The highest BCUT2D eigenvalue weighted by molar-refractivity contribution is 6.32. The molecule has 0 bridgehead atoms. The van der Waals surface area contributed by atoms with E-state index in [2.05, 4.69) is 10.6 Å². The zero-order valence-corrected chi connectivity index (χ0v) is 10.4. The van der Waals surface area contributed by atoms with Gasteiger partial charge in [0.05, 0.1) is 12.1 Å². The fraction of sp³-hybridized carbons (Fsp3) is 0.417. The molecule has 1 aliphatic rings. The van der Waals surface area contributed by atoms with E-state index in [0.717, 1.165) is 13.1 Å². The van der Waals surface area contributed by atoms with Crippen LogP contribution in [0.1, 0.15) is 6.42 Å². The van der Waals surface area contributed by atoms with Gasteiger partial charge in [-0.05, 0) is 37.2 Å². The molecule has 4 nitrogen and oxygen atoms in total. The molecule has 5 heteroatoms. The summed E-state index contributed by atoms with van der Waals surface area (Å²) >= 11 is 5.97. The van der Waals surface area contributed by atoms with Gasteiger partial charge in [0.1, 0.15) is 5.75 Å². The molecule has 1 aliphatic heterocycles. The van der Waals surface area contributed by atoms with Crippen molar-refractivity contribution in [2.24, 2.45) is 5.92 Å². The molecule has 17 heavy (non-hydrogen) atoms. The summed E-state index contributed by atoms with van der Waals surface area (Å²) in [6.45, 7) is 1.85. The number of methoxy groups -OCH3 is 1. The van der Waals surface area contributed by atoms with Gasteiger partial charge in [-0.25, -0.2) is 0 Å². The summed E-state index contributed by atoms with van der Waals surface area (Å²) in [5.41, 5.74) is 0.702. The van der Waals surface area contributed by atoms with Gasteiger partial charge in [0, 0.05) is 12.1 Å². The minimum Gasteiger partial charge on any atom is -0.495 e. The Bertz CT molecular complexity index is 419. The maximum atomic E-state index is 11.7. The predicted molar refractivity (Wildman–Crippen MR) is 67.6 cm³/mol.